The first kappa shape index (κ1) is 16.1. The van der Waals surface area contributed by atoms with Crippen LogP contribution in [0.15, 0.2) is 18.2 Å². The summed E-state index contributed by atoms with van der Waals surface area (Å²) in [5, 5.41) is 13.9. The molecule has 1 fully saturated rings. The second kappa shape index (κ2) is 7.14. The second-order valence-electron chi connectivity index (χ2n) is 6.27. The maximum atomic E-state index is 10.4. The third-order valence-corrected chi connectivity index (χ3v) is 4.23. The molecule has 0 amide bonds. The summed E-state index contributed by atoms with van der Waals surface area (Å²) in [5.74, 6) is 2.43. The van der Waals surface area contributed by atoms with Crippen LogP contribution in [-0.2, 0) is 0 Å². The summed E-state index contributed by atoms with van der Waals surface area (Å²) in [6.45, 7) is 5.26. The molecule has 2 N–H and O–H groups in total. The molecule has 1 heterocycles. The first-order valence-corrected chi connectivity index (χ1v) is 7.68. The average Bonchev–Trinajstić information content (AvgIpc) is 2.48. The number of rotatable bonds is 5. The molecule has 3 atom stereocenters. The Labute approximate surface area is 127 Å². The highest BCUT2D eigenvalue weighted by atomic mass is 16.5. The molecule has 21 heavy (non-hydrogen) atoms. The van der Waals surface area contributed by atoms with Gasteiger partial charge in [0.2, 0.25) is 0 Å². The zero-order chi connectivity index (χ0) is 15.4. The lowest BCUT2D eigenvalue weighted by molar-refractivity contribution is 0.0499. The van der Waals surface area contributed by atoms with Crippen LogP contribution in [0.3, 0.4) is 0 Å². The van der Waals surface area contributed by atoms with Crippen LogP contribution < -0.4 is 14.8 Å². The van der Waals surface area contributed by atoms with Gasteiger partial charge in [0.05, 0.1) is 20.3 Å². The van der Waals surface area contributed by atoms with Crippen LogP contribution in [0.5, 0.6) is 11.5 Å². The number of benzene rings is 1. The highest BCUT2D eigenvalue weighted by Crippen LogP contribution is 2.34. The molecule has 1 aromatic carbocycles. The van der Waals surface area contributed by atoms with E-state index in [2.05, 4.69) is 19.2 Å². The number of aliphatic hydroxyl groups excluding tert-OH is 1. The van der Waals surface area contributed by atoms with Crippen molar-refractivity contribution in [2.45, 2.75) is 38.8 Å². The molecule has 0 aromatic heterocycles. The Morgan fingerprint density at radius 1 is 1.24 bits per heavy atom. The molecule has 0 spiro atoms. The molecule has 0 saturated carbocycles. The number of hydrogen-bond acceptors (Lipinski definition) is 4. The van der Waals surface area contributed by atoms with Crippen LogP contribution in [0.4, 0.5) is 0 Å². The normalized spacial score (nSPS) is 25.9. The van der Waals surface area contributed by atoms with E-state index in [1.165, 1.54) is 0 Å². The summed E-state index contributed by atoms with van der Waals surface area (Å²) in [6.07, 6.45) is 1.56. The fourth-order valence-corrected chi connectivity index (χ4v) is 3.12. The lowest BCUT2D eigenvalue weighted by Crippen LogP contribution is -2.42. The molecule has 0 bridgehead atoms. The lowest BCUT2D eigenvalue weighted by atomic mass is 9.84. The minimum Gasteiger partial charge on any atom is -0.493 e. The molecule has 4 heteroatoms. The van der Waals surface area contributed by atoms with Crippen molar-refractivity contribution < 1.29 is 14.6 Å². The van der Waals surface area contributed by atoms with E-state index >= 15 is 0 Å². The molecule has 3 unspecified atom stereocenters. The quantitative estimate of drug-likeness (QED) is 0.876. The third kappa shape index (κ3) is 3.89. The molecule has 1 saturated heterocycles. The Hall–Kier alpha value is -1.26. The first-order valence-electron chi connectivity index (χ1n) is 7.68. The van der Waals surface area contributed by atoms with E-state index in [4.69, 9.17) is 9.47 Å². The zero-order valence-corrected chi connectivity index (χ0v) is 13.4. The van der Waals surface area contributed by atoms with Crippen molar-refractivity contribution in [3.8, 4) is 11.5 Å². The summed E-state index contributed by atoms with van der Waals surface area (Å²) in [4.78, 5) is 0. The van der Waals surface area contributed by atoms with Gasteiger partial charge in [0.1, 0.15) is 0 Å². The standard InChI is InChI=1S/C17H27NO3/c1-11(2)7-13-10-18-14(9-15(13)19)12-5-6-16(20-3)17(8-12)21-4/h5-6,8,11,13-15,18-19H,7,9-10H2,1-4H3. The minimum atomic E-state index is -0.244. The molecule has 1 aromatic rings. The molecule has 118 valence electrons. The fourth-order valence-electron chi connectivity index (χ4n) is 3.12. The van der Waals surface area contributed by atoms with E-state index in [9.17, 15) is 5.11 Å². The smallest absolute Gasteiger partial charge is 0.161 e. The van der Waals surface area contributed by atoms with E-state index < -0.39 is 0 Å². The number of aliphatic hydroxyl groups is 1. The number of methoxy groups -OCH3 is 2. The van der Waals surface area contributed by atoms with Gasteiger partial charge in [0, 0.05) is 12.6 Å². The van der Waals surface area contributed by atoms with Gasteiger partial charge in [-0.3, -0.25) is 0 Å². The Kier molecular flexibility index (Phi) is 5.48. The first-order chi connectivity index (χ1) is 10.0. The van der Waals surface area contributed by atoms with Gasteiger partial charge in [-0.1, -0.05) is 19.9 Å². The van der Waals surface area contributed by atoms with Crippen molar-refractivity contribution in [1.29, 1.82) is 0 Å². The van der Waals surface area contributed by atoms with Crippen molar-refractivity contribution in [3.05, 3.63) is 23.8 Å². The van der Waals surface area contributed by atoms with Gasteiger partial charge >= 0.3 is 0 Å². The van der Waals surface area contributed by atoms with Crippen molar-refractivity contribution in [2.75, 3.05) is 20.8 Å². The van der Waals surface area contributed by atoms with E-state index in [0.29, 0.717) is 11.8 Å². The third-order valence-electron chi connectivity index (χ3n) is 4.23. The SMILES string of the molecule is COc1ccc(C2CC(O)C(CC(C)C)CN2)cc1OC. The molecule has 1 aliphatic rings. The van der Waals surface area contributed by atoms with Crippen molar-refractivity contribution in [3.63, 3.8) is 0 Å². The zero-order valence-electron chi connectivity index (χ0n) is 13.4. The van der Waals surface area contributed by atoms with E-state index in [1.807, 2.05) is 18.2 Å². The van der Waals surface area contributed by atoms with E-state index in [-0.39, 0.29) is 12.1 Å². The predicted octanol–water partition coefficient (Wildman–Crippen LogP) is 2.76. The summed E-state index contributed by atoms with van der Waals surface area (Å²) < 4.78 is 10.6. The summed E-state index contributed by atoms with van der Waals surface area (Å²) in [5.41, 5.74) is 1.13. The Morgan fingerprint density at radius 2 is 1.95 bits per heavy atom. The largest absolute Gasteiger partial charge is 0.493 e. The van der Waals surface area contributed by atoms with Gasteiger partial charge in [-0.15, -0.1) is 0 Å². The van der Waals surface area contributed by atoms with Crippen LogP contribution in [0, 0.1) is 11.8 Å². The van der Waals surface area contributed by atoms with Crippen LogP contribution >= 0.6 is 0 Å². The highest BCUT2D eigenvalue weighted by molar-refractivity contribution is 5.43. The Bertz CT molecular complexity index is 461. The highest BCUT2D eigenvalue weighted by Gasteiger charge is 2.30. The summed E-state index contributed by atoms with van der Waals surface area (Å²) in [6, 6.07) is 6.12. The monoisotopic (exact) mass is 293 g/mol. The van der Waals surface area contributed by atoms with Gasteiger partial charge < -0.3 is 19.9 Å². The predicted molar refractivity (Wildman–Crippen MR) is 83.9 cm³/mol. The minimum absolute atomic E-state index is 0.170. The van der Waals surface area contributed by atoms with Crippen LogP contribution in [-0.4, -0.2) is 32.0 Å². The maximum absolute atomic E-state index is 10.4. The fraction of sp³-hybridized carbons (Fsp3) is 0.647. The summed E-state index contributed by atoms with van der Waals surface area (Å²) >= 11 is 0. The number of ether oxygens (including phenoxy) is 2. The Morgan fingerprint density at radius 3 is 2.52 bits per heavy atom. The average molecular weight is 293 g/mol. The van der Waals surface area contributed by atoms with Gasteiger partial charge in [-0.2, -0.15) is 0 Å². The van der Waals surface area contributed by atoms with Gasteiger partial charge in [0.15, 0.2) is 11.5 Å². The molecule has 1 aliphatic heterocycles. The van der Waals surface area contributed by atoms with E-state index in [1.54, 1.807) is 14.2 Å². The maximum Gasteiger partial charge on any atom is 0.161 e. The van der Waals surface area contributed by atoms with Crippen LogP contribution in [0.25, 0.3) is 0 Å². The van der Waals surface area contributed by atoms with Gasteiger partial charge in [-0.05, 0) is 42.4 Å². The van der Waals surface area contributed by atoms with Gasteiger partial charge in [-0.25, -0.2) is 0 Å². The molecule has 0 radical (unpaired) electrons. The van der Waals surface area contributed by atoms with Crippen LogP contribution in [0.1, 0.15) is 38.3 Å². The van der Waals surface area contributed by atoms with Crippen molar-refractivity contribution in [1.82, 2.24) is 5.32 Å². The molecular weight excluding hydrogens is 266 g/mol. The van der Waals surface area contributed by atoms with Gasteiger partial charge in [0.25, 0.3) is 0 Å². The Balaban J connectivity index is 2.07. The summed E-state index contributed by atoms with van der Waals surface area (Å²) in [7, 11) is 3.28. The molecule has 4 nitrogen and oxygen atoms in total. The molecule has 2 rings (SSSR count). The van der Waals surface area contributed by atoms with Crippen LogP contribution in [0.2, 0.25) is 0 Å². The van der Waals surface area contributed by atoms with Crippen molar-refractivity contribution >= 4 is 0 Å². The number of piperidine rings is 1. The topological polar surface area (TPSA) is 50.7 Å². The lowest BCUT2D eigenvalue weighted by Gasteiger charge is -2.35. The number of hydrogen-bond donors (Lipinski definition) is 2. The van der Waals surface area contributed by atoms with E-state index in [0.717, 1.165) is 36.4 Å². The molecular formula is C17H27NO3. The second-order valence-corrected chi connectivity index (χ2v) is 6.27. The number of nitrogens with one attached hydrogen (secondary N) is 1. The van der Waals surface area contributed by atoms with Crippen molar-refractivity contribution in [2.24, 2.45) is 11.8 Å². The molecule has 0 aliphatic carbocycles.